The van der Waals surface area contributed by atoms with Gasteiger partial charge in [0.05, 0.1) is 26.4 Å². The zero-order chi connectivity index (χ0) is 8.81. The first-order chi connectivity index (χ1) is 5.86. The number of nitrogens with one attached hydrogen (secondary N) is 1. The van der Waals surface area contributed by atoms with Crippen LogP contribution in [0.1, 0.15) is 0 Å². The Morgan fingerprint density at radius 1 is 1.33 bits per heavy atom. The summed E-state index contributed by atoms with van der Waals surface area (Å²) < 4.78 is 15.1. The van der Waals surface area contributed by atoms with Gasteiger partial charge in [0.2, 0.25) is 0 Å². The van der Waals surface area contributed by atoms with Gasteiger partial charge in [-0.3, -0.25) is 10.1 Å². The van der Waals surface area contributed by atoms with E-state index in [2.05, 4.69) is 0 Å². The third-order valence-corrected chi connectivity index (χ3v) is 1.41. The first kappa shape index (κ1) is 9.37. The van der Waals surface area contributed by atoms with Gasteiger partial charge < -0.3 is 14.2 Å². The van der Waals surface area contributed by atoms with E-state index in [0.717, 1.165) is 26.4 Å². The maximum absolute atomic E-state index is 8.12. The first-order valence-corrected chi connectivity index (χ1v) is 3.67. The Kier molecular flexibility index (Phi) is 3.92. The Morgan fingerprint density at radius 2 is 1.67 bits per heavy atom. The van der Waals surface area contributed by atoms with Crippen molar-refractivity contribution in [2.24, 2.45) is 0 Å². The normalized spacial score (nSPS) is 30.0. The van der Waals surface area contributed by atoms with Gasteiger partial charge in [-0.2, -0.15) is 0 Å². The molecule has 2 heterocycles. The van der Waals surface area contributed by atoms with Gasteiger partial charge in [0.1, 0.15) is 12.2 Å². The maximum atomic E-state index is 8.12. The van der Waals surface area contributed by atoms with Gasteiger partial charge in [-0.1, -0.05) is 0 Å². The molecule has 1 N–H and O–H groups in total. The summed E-state index contributed by atoms with van der Waals surface area (Å²) >= 11 is 0. The lowest BCUT2D eigenvalue weighted by Gasteiger charge is -1.95. The van der Waals surface area contributed by atoms with Crippen LogP contribution in [0.15, 0.2) is 0 Å². The summed E-state index contributed by atoms with van der Waals surface area (Å²) in [5, 5.41) is 8.38. The molecule has 12 heavy (non-hydrogen) atoms. The second-order valence-electron chi connectivity index (χ2n) is 2.53. The fourth-order valence-corrected chi connectivity index (χ4v) is 0.659. The molecule has 2 aliphatic heterocycles. The quantitative estimate of drug-likeness (QED) is 0.309. The Labute approximate surface area is 69.3 Å². The molecular weight excluding hydrogens is 166 g/mol. The van der Waals surface area contributed by atoms with Crippen LogP contribution in [0.4, 0.5) is 0 Å². The van der Waals surface area contributed by atoms with E-state index in [1.165, 1.54) is 0 Å². The summed E-state index contributed by atoms with van der Waals surface area (Å²) in [4.78, 5) is 8.12. The minimum absolute atomic E-state index is 0.250. The van der Waals surface area contributed by atoms with Gasteiger partial charge in [-0.25, -0.2) is 0 Å². The average Bonchev–Trinajstić information content (AvgIpc) is 2.82. The lowest BCUT2D eigenvalue weighted by molar-refractivity contribution is -0.398. The van der Waals surface area contributed by atoms with E-state index in [1.807, 2.05) is 0 Å². The molecule has 6 nitrogen and oxygen atoms in total. The molecule has 6 heteroatoms. The van der Waals surface area contributed by atoms with E-state index in [9.17, 15) is 0 Å². The molecule has 2 atom stereocenters. The van der Waals surface area contributed by atoms with Crippen LogP contribution < -0.4 is 5.34 Å². The van der Waals surface area contributed by atoms with Crippen molar-refractivity contribution >= 4 is 0 Å². The predicted molar refractivity (Wildman–Crippen MR) is 38.0 cm³/mol. The van der Waals surface area contributed by atoms with Gasteiger partial charge in [0.25, 0.3) is 0 Å². The minimum atomic E-state index is 0.250. The van der Waals surface area contributed by atoms with Crippen LogP contribution in [-0.2, 0) is 14.2 Å². The SMILES string of the molecule is C(OCC1CO1)C1CO1.O=[NH+][O-]. The smallest absolute Gasteiger partial charge is 0.104 e. The van der Waals surface area contributed by atoms with Crippen molar-refractivity contribution in [2.75, 3.05) is 26.4 Å². The van der Waals surface area contributed by atoms with E-state index in [1.54, 1.807) is 0 Å². The van der Waals surface area contributed by atoms with Crippen LogP contribution in [-0.4, -0.2) is 38.6 Å². The first-order valence-electron chi connectivity index (χ1n) is 3.67. The molecule has 2 fully saturated rings. The highest BCUT2D eigenvalue weighted by Gasteiger charge is 2.26. The summed E-state index contributed by atoms with van der Waals surface area (Å²) in [5.41, 5.74) is 0. The third kappa shape index (κ3) is 5.00. The molecule has 2 aliphatic rings. The van der Waals surface area contributed by atoms with E-state index in [4.69, 9.17) is 24.3 Å². The van der Waals surface area contributed by atoms with Gasteiger partial charge in [-0.15, -0.1) is 0 Å². The summed E-state index contributed by atoms with van der Waals surface area (Å²) in [6.45, 7) is 3.26. The lowest BCUT2D eigenvalue weighted by Crippen LogP contribution is -2.53. The Bertz CT molecular complexity index is 122. The molecule has 0 aliphatic carbocycles. The van der Waals surface area contributed by atoms with Crippen molar-refractivity contribution in [1.29, 1.82) is 0 Å². The second-order valence-corrected chi connectivity index (χ2v) is 2.53. The van der Waals surface area contributed by atoms with Crippen LogP contribution in [0.2, 0.25) is 0 Å². The highest BCUT2D eigenvalue weighted by molar-refractivity contribution is 4.71. The van der Waals surface area contributed by atoms with Crippen LogP contribution in [0.3, 0.4) is 0 Å². The summed E-state index contributed by atoms with van der Waals surface area (Å²) in [5.74, 6) is 0. The van der Waals surface area contributed by atoms with Crippen molar-refractivity contribution in [2.45, 2.75) is 12.2 Å². The number of ether oxygens (including phenoxy) is 3. The molecule has 0 bridgehead atoms. The topological polar surface area (TPSA) is 88.4 Å². The van der Waals surface area contributed by atoms with Crippen molar-refractivity contribution in [3.63, 3.8) is 0 Å². The number of hydrogen-bond donors (Lipinski definition) is 1. The van der Waals surface area contributed by atoms with Gasteiger partial charge >= 0.3 is 0 Å². The molecule has 0 aromatic rings. The molecule has 0 saturated carbocycles. The Hall–Kier alpha value is -0.720. The fraction of sp³-hybridized carbons (Fsp3) is 1.00. The summed E-state index contributed by atoms with van der Waals surface area (Å²) in [6.07, 6.45) is 0.785. The van der Waals surface area contributed by atoms with Gasteiger partial charge in [0.15, 0.2) is 0 Å². The molecule has 2 saturated heterocycles. The molecule has 0 amide bonds. The van der Waals surface area contributed by atoms with E-state index >= 15 is 0 Å². The second kappa shape index (κ2) is 5.02. The molecule has 70 valence electrons. The van der Waals surface area contributed by atoms with Crippen LogP contribution in [0.5, 0.6) is 0 Å². The largest absolute Gasteiger partial charge is 0.376 e. The summed E-state index contributed by atoms with van der Waals surface area (Å²) in [7, 11) is 0. The van der Waals surface area contributed by atoms with Crippen molar-refractivity contribution < 1.29 is 19.6 Å². The van der Waals surface area contributed by atoms with E-state index < -0.39 is 0 Å². The third-order valence-electron chi connectivity index (χ3n) is 1.41. The molecule has 2 rings (SSSR count). The van der Waals surface area contributed by atoms with Gasteiger partial charge in [-0.05, 0) is 0 Å². The maximum Gasteiger partial charge on any atom is 0.104 e. The molecule has 0 spiro atoms. The monoisotopic (exact) mass is 177 g/mol. The molecule has 0 aromatic heterocycles. The van der Waals surface area contributed by atoms with Crippen LogP contribution in [0.25, 0.3) is 0 Å². The summed E-state index contributed by atoms with van der Waals surface area (Å²) in [6, 6.07) is 0. The Balaban J connectivity index is 0.000000213. The van der Waals surface area contributed by atoms with E-state index in [-0.39, 0.29) is 5.34 Å². The molecule has 2 unspecified atom stereocenters. The number of epoxide rings is 2. The van der Waals surface area contributed by atoms with Crippen molar-refractivity contribution in [3.8, 4) is 0 Å². The highest BCUT2D eigenvalue weighted by atomic mass is 16.6. The minimum Gasteiger partial charge on any atom is -0.376 e. The number of rotatable bonds is 4. The van der Waals surface area contributed by atoms with E-state index in [0.29, 0.717) is 12.2 Å². The number of hydrogen-bond acceptors (Lipinski definition) is 5. The zero-order valence-corrected chi connectivity index (χ0v) is 6.52. The highest BCUT2D eigenvalue weighted by Crippen LogP contribution is 2.12. The van der Waals surface area contributed by atoms with Crippen LogP contribution in [0, 0.1) is 10.1 Å². The fourth-order valence-electron chi connectivity index (χ4n) is 0.659. The molecule has 0 radical (unpaired) electrons. The van der Waals surface area contributed by atoms with Crippen LogP contribution >= 0.6 is 0 Å². The van der Waals surface area contributed by atoms with Gasteiger partial charge in [0, 0.05) is 5.34 Å². The molecular formula is C6H11NO5. The standard InChI is InChI=1S/C6H10O3.HNO2/c1(5-3-8-5)7-2-6-4-9-6;2-1-3/h5-6H,1-4H2;1H. The Morgan fingerprint density at radius 3 is 1.92 bits per heavy atom. The lowest BCUT2D eigenvalue weighted by atomic mass is 10.5. The zero-order valence-electron chi connectivity index (χ0n) is 6.52. The van der Waals surface area contributed by atoms with Crippen molar-refractivity contribution in [1.82, 2.24) is 0 Å². The molecule has 0 aromatic carbocycles. The predicted octanol–water partition coefficient (Wildman–Crippen LogP) is -1.87. The average molecular weight is 177 g/mol. The van der Waals surface area contributed by atoms with Crippen molar-refractivity contribution in [3.05, 3.63) is 10.1 Å².